The van der Waals surface area contributed by atoms with Crippen LogP contribution in [0.25, 0.3) is 0 Å². The molecule has 7 heteroatoms. The van der Waals surface area contributed by atoms with Gasteiger partial charge in [0.25, 0.3) is 5.91 Å². The second kappa shape index (κ2) is 11.3. The average Bonchev–Trinajstić information content (AvgIpc) is 3.61. The molecule has 1 saturated carbocycles. The number of nitrogens with zero attached hydrogens (tertiary/aromatic N) is 1. The molecule has 2 unspecified atom stereocenters. The molecule has 30 heavy (non-hydrogen) atoms. The molecule has 0 aromatic carbocycles. The van der Waals surface area contributed by atoms with Gasteiger partial charge in [-0.2, -0.15) is 0 Å². The van der Waals surface area contributed by atoms with Crippen LogP contribution in [0.1, 0.15) is 80.8 Å². The molecule has 7 nitrogen and oxygen atoms in total. The highest BCUT2D eigenvalue weighted by Crippen LogP contribution is 2.41. The van der Waals surface area contributed by atoms with E-state index in [9.17, 15) is 9.59 Å². The Morgan fingerprint density at radius 1 is 1.27 bits per heavy atom. The minimum absolute atomic E-state index is 0.0640. The minimum Gasteiger partial charge on any atom is -0.488 e. The van der Waals surface area contributed by atoms with Gasteiger partial charge in [-0.1, -0.05) is 6.92 Å². The molecule has 1 aliphatic carbocycles. The van der Waals surface area contributed by atoms with Crippen LogP contribution in [0.3, 0.4) is 0 Å². The number of carbonyl (C=O) groups excluding carboxylic acids is 2. The Kier molecular flexibility index (Phi) is 8.49. The van der Waals surface area contributed by atoms with E-state index in [1.165, 1.54) is 0 Å². The van der Waals surface area contributed by atoms with Gasteiger partial charge in [-0.3, -0.25) is 9.59 Å². The average molecular weight is 419 g/mol. The van der Waals surface area contributed by atoms with Crippen molar-refractivity contribution >= 4 is 11.9 Å². The first kappa shape index (κ1) is 22.5. The topological polar surface area (TPSA) is 86.8 Å². The summed E-state index contributed by atoms with van der Waals surface area (Å²) in [5.74, 6) is 0.337. The zero-order chi connectivity index (χ0) is 21.3. The Hall–Kier alpha value is -2.15. The van der Waals surface area contributed by atoms with Crippen LogP contribution in [0.15, 0.2) is 12.3 Å². The number of aromatic nitrogens is 1. The predicted molar refractivity (Wildman–Crippen MR) is 113 cm³/mol. The number of rotatable bonds is 11. The van der Waals surface area contributed by atoms with E-state index in [0.29, 0.717) is 50.0 Å². The van der Waals surface area contributed by atoms with Gasteiger partial charge >= 0.3 is 5.97 Å². The fourth-order valence-corrected chi connectivity index (χ4v) is 3.69. The summed E-state index contributed by atoms with van der Waals surface area (Å²) >= 11 is 0. The Morgan fingerprint density at radius 3 is 2.77 bits per heavy atom. The highest BCUT2D eigenvalue weighted by atomic mass is 16.5. The summed E-state index contributed by atoms with van der Waals surface area (Å²) in [7, 11) is 0. The smallest absolute Gasteiger partial charge is 0.308 e. The third-order valence-corrected chi connectivity index (χ3v) is 5.73. The number of esters is 1. The highest BCUT2D eigenvalue weighted by Gasteiger charge is 2.27. The SMILES string of the molecule is CCOC(=O)C(CC)CCNC(=O)c1ncc(C2CC2)cc1OCC1CCCCO1. The number of ether oxygens (including phenoxy) is 3. The van der Waals surface area contributed by atoms with Gasteiger partial charge in [0.2, 0.25) is 0 Å². The van der Waals surface area contributed by atoms with E-state index in [2.05, 4.69) is 10.3 Å². The molecule has 1 N–H and O–H groups in total. The lowest BCUT2D eigenvalue weighted by Gasteiger charge is -2.23. The molecule has 0 bridgehead atoms. The Balaban J connectivity index is 1.59. The van der Waals surface area contributed by atoms with Gasteiger partial charge in [-0.25, -0.2) is 4.98 Å². The summed E-state index contributed by atoms with van der Waals surface area (Å²) in [6, 6.07) is 1.95. The van der Waals surface area contributed by atoms with Gasteiger partial charge in [-0.05, 0) is 69.4 Å². The highest BCUT2D eigenvalue weighted by molar-refractivity contribution is 5.95. The molecule has 1 saturated heterocycles. The molecule has 1 amide bonds. The van der Waals surface area contributed by atoms with E-state index in [1.54, 1.807) is 13.1 Å². The van der Waals surface area contributed by atoms with Gasteiger partial charge in [0.1, 0.15) is 6.61 Å². The number of pyridine rings is 1. The van der Waals surface area contributed by atoms with Crippen molar-refractivity contribution in [3.8, 4) is 5.75 Å². The number of hydrogen-bond donors (Lipinski definition) is 1. The summed E-state index contributed by atoms with van der Waals surface area (Å²) in [6.45, 7) is 5.68. The summed E-state index contributed by atoms with van der Waals surface area (Å²) in [5, 5.41) is 2.88. The largest absolute Gasteiger partial charge is 0.488 e. The predicted octanol–water partition coefficient (Wildman–Crippen LogP) is 3.62. The number of carbonyl (C=O) groups is 2. The normalized spacial score (nSPS) is 19.7. The van der Waals surface area contributed by atoms with Crippen molar-refractivity contribution in [1.82, 2.24) is 10.3 Å². The van der Waals surface area contributed by atoms with Crippen LogP contribution >= 0.6 is 0 Å². The molecule has 2 heterocycles. The Bertz CT molecular complexity index is 714. The molecule has 0 spiro atoms. The number of hydrogen-bond acceptors (Lipinski definition) is 6. The zero-order valence-corrected chi connectivity index (χ0v) is 18.2. The van der Waals surface area contributed by atoms with E-state index in [0.717, 1.165) is 44.3 Å². The van der Waals surface area contributed by atoms with Crippen LogP contribution in [0.4, 0.5) is 0 Å². The van der Waals surface area contributed by atoms with Gasteiger partial charge in [0, 0.05) is 19.3 Å². The lowest BCUT2D eigenvalue weighted by molar-refractivity contribution is -0.148. The fourth-order valence-electron chi connectivity index (χ4n) is 3.69. The lowest BCUT2D eigenvalue weighted by Crippen LogP contribution is -2.30. The van der Waals surface area contributed by atoms with Crippen molar-refractivity contribution in [2.75, 3.05) is 26.4 Å². The van der Waals surface area contributed by atoms with E-state index in [4.69, 9.17) is 14.2 Å². The molecule has 2 aliphatic rings. The van der Waals surface area contributed by atoms with Crippen molar-refractivity contribution in [3.05, 3.63) is 23.5 Å². The van der Waals surface area contributed by atoms with Gasteiger partial charge in [0.15, 0.2) is 11.4 Å². The van der Waals surface area contributed by atoms with Crippen LogP contribution in [0, 0.1) is 5.92 Å². The van der Waals surface area contributed by atoms with Crippen molar-refractivity contribution in [3.63, 3.8) is 0 Å². The lowest BCUT2D eigenvalue weighted by atomic mass is 10.0. The molecule has 0 radical (unpaired) electrons. The number of amides is 1. The summed E-state index contributed by atoms with van der Waals surface area (Å²) in [4.78, 5) is 29.1. The van der Waals surface area contributed by atoms with Crippen LogP contribution in [0.2, 0.25) is 0 Å². The van der Waals surface area contributed by atoms with Gasteiger partial charge in [0.05, 0.1) is 18.6 Å². The molecule has 1 aliphatic heterocycles. The summed E-state index contributed by atoms with van der Waals surface area (Å²) in [6.07, 6.45) is 8.58. The van der Waals surface area contributed by atoms with E-state index >= 15 is 0 Å². The first-order valence-electron chi connectivity index (χ1n) is 11.3. The molecule has 1 aromatic heterocycles. The molecule has 166 valence electrons. The van der Waals surface area contributed by atoms with Crippen molar-refractivity contribution in [2.24, 2.45) is 5.92 Å². The maximum Gasteiger partial charge on any atom is 0.308 e. The van der Waals surface area contributed by atoms with Crippen molar-refractivity contribution in [1.29, 1.82) is 0 Å². The second-order valence-corrected chi connectivity index (χ2v) is 8.09. The number of nitrogens with one attached hydrogen (secondary N) is 1. The van der Waals surface area contributed by atoms with Crippen molar-refractivity contribution < 1.29 is 23.8 Å². The van der Waals surface area contributed by atoms with E-state index in [1.807, 2.05) is 13.0 Å². The van der Waals surface area contributed by atoms with Crippen LogP contribution in [-0.4, -0.2) is 49.3 Å². The molecule has 1 aromatic rings. The Labute approximate surface area is 178 Å². The molecule has 2 atom stereocenters. The monoisotopic (exact) mass is 418 g/mol. The second-order valence-electron chi connectivity index (χ2n) is 8.09. The third kappa shape index (κ3) is 6.42. The van der Waals surface area contributed by atoms with E-state index < -0.39 is 0 Å². The standard InChI is InChI=1S/C23H34N2O5/c1-3-16(23(27)28-4-2)10-11-24-22(26)21-20(13-18(14-25-21)17-8-9-17)30-15-19-7-5-6-12-29-19/h13-14,16-17,19H,3-12,15H2,1-2H3,(H,24,26). The van der Waals surface area contributed by atoms with Crippen LogP contribution < -0.4 is 10.1 Å². The molecule has 2 fully saturated rings. The van der Waals surface area contributed by atoms with Crippen molar-refractivity contribution in [2.45, 2.75) is 70.8 Å². The first-order valence-corrected chi connectivity index (χ1v) is 11.3. The Morgan fingerprint density at radius 2 is 2.10 bits per heavy atom. The zero-order valence-electron chi connectivity index (χ0n) is 18.2. The molecular weight excluding hydrogens is 384 g/mol. The minimum atomic E-state index is -0.282. The van der Waals surface area contributed by atoms with Gasteiger partial charge < -0.3 is 19.5 Å². The maximum absolute atomic E-state index is 12.8. The summed E-state index contributed by atoms with van der Waals surface area (Å²) in [5.41, 5.74) is 1.42. The maximum atomic E-state index is 12.8. The third-order valence-electron chi connectivity index (χ3n) is 5.73. The quantitative estimate of drug-likeness (QED) is 0.553. The van der Waals surface area contributed by atoms with E-state index in [-0.39, 0.29) is 23.9 Å². The summed E-state index contributed by atoms with van der Waals surface area (Å²) < 4.78 is 16.9. The van der Waals surface area contributed by atoms with Crippen LogP contribution in [0.5, 0.6) is 5.75 Å². The van der Waals surface area contributed by atoms with Crippen LogP contribution in [-0.2, 0) is 14.3 Å². The molecule has 3 rings (SSSR count). The molecular formula is C23H34N2O5. The fraction of sp³-hybridized carbons (Fsp3) is 0.696. The first-order chi connectivity index (χ1) is 14.6. The van der Waals surface area contributed by atoms with Gasteiger partial charge in [-0.15, -0.1) is 0 Å².